The number of aromatic amines is 1. The molecule has 2 N–H and O–H groups in total. The number of aliphatic carboxylic acids is 1. The van der Waals surface area contributed by atoms with Crippen molar-refractivity contribution in [3.8, 4) is 5.69 Å². The molecular formula is C10H9N2O4+. The number of hydrogen-bond acceptors (Lipinski definition) is 3. The van der Waals surface area contributed by atoms with Crippen molar-refractivity contribution in [2.45, 2.75) is 6.42 Å². The van der Waals surface area contributed by atoms with Gasteiger partial charge in [-0.2, -0.15) is 0 Å². The Balaban J connectivity index is 2.25. The molecule has 0 bridgehead atoms. The number of benzene rings is 1. The molecule has 2 rings (SSSR count). The second-order valence-electron chi connectivity index (χ2n) is 3.25. The summed E-state index contributed by atoms with van der Waals surface area (Å²) in [5.41, 5.74) is 0.914. The van der Waals surface area contributed by atoms with E-state index in [1.54, 1.807) is 24.3 Å². The fraction of sp³-hybridized carbons (Fsp3) is 0.100. The van der Waals surface area contributed by atoms with Crippen LogP contribution in [0.3, 0.4) is 0 Å². The molecule has 0 aliphatic carbocycles. The fourth-order valence-electron chi connectivity index (χ4n) is 1.33. The Hall–Kier alpha value is -2.37. The van der Waals surface area contributed by atoms with Crippen LogP contribution in [0.25, 0.3) is 5.69 Å². The van der Waals surface area contributed by atoms with E-state index in [-0.39, 0.29) is 6.42 Å². The minimum atomic E-state index is -0.878. The Kier molecular flexibility index (Phi) is 2.55. The number of nitrogens with zero attached hydrogens (tertiary/aromatic N) is 1. The maximum absolute atomic E-state index is 10.8. The number of hydrogen-bond donors (Lipinski definition) is 2. The fourth-order valence-corrected chi connectivity index (χ4v) is 1.33. The molecule has 0 fully saturated rings. The normalized spacial score (nSPS) is 10.2. The summed E-state index contributed by atoms with van der Waals surface area (Å²) in [6, 6.07) is 6.76. The first-order chi connectivity index (χ1) is 7.65. The molecule has 82 valence electrons. The van der Waals surface area contributed by atoms with E-state index >= 15 is 0 Å². The minimum Gasteiger partial charge on any atom is -0.481 e. The van der Waals surface area contributed by atoms with Crippen LogP contribution in [0.1, 0.15) is 5.56 Å². The minimum absolute atomic E-state index is 0.0210. The molecule has 1 heterocycles. The maximum Gasteiger partial charge on any atom is 0.427 e. The van der Waals surface area contributed by atoms with Gasteiger partial charge in [0.1, 0.15) is 0 Å². The zero-order chi connectivity index (χ0) is 11.5. The highest BCUT2D eigenvalue weighted by Gasteiger charge is 2.10. The number of H-pyrrole nitrogens is 1. The largest absolute Gasteiger partial charge is 0.481 e. The van der Waals surface area contributed by atoms with Gasteiger partial charge in [-0.15, -0.1) is 0 Å². The van der Waals surface area contributed by atoms with Gasteiger partial charge in [0.05, 0.1) is 6.42 Å². The van der Waals surface area contributed by atoms with Crippen molar-refractivity contribution < 1.29 is 19.1 Å². The molecule has 0 saturated carbocycles. The van der Waals surface area contributed by atoms with E-state index in [1.165, 1.54) is 10.9 Å². The van der Waals surface area contributed by atoms with Crippen molar-refractivity contribution in [3.63, 3.8) is 0 Å². The molecule has 6 nitrogen and oxygen atoms in total. The van der Waals surface area contributed by atoms with Crippen molar-refractivity contribution in [2.75, 3.05) is 0 Å². The summed E-state index contributed by atoms with van der Waals surface area (Å²) in [5, 5.41) is 11.0. The Morgan fingerprint density at radius 1 is 1.38 bits per heavy atom. The van der Waals surface area contributed by atoms with E-state index in [9.17, 15) is 9.59 Å². The summed E-state index contributed by atoms with van der Waals surface area (Å²) in [5.74, 6) is -0.878. The molecule has 0 amide bonds. The number of aromatic nitrogens is 2. The van der Waals surface area contributed by atoms with E-state index in [0.717, 1.165) is 0 Å². The molecular weight excluding hydrogens is 212 g/mol. The lowest BCUT2D eigenvalue weighted by Crippen LogP contribution is -2.32. The van der Waals surface area contributed by atoms with Crippen LogP contribution in [0, 0.1) is 0 Å². The van der Waals surface area contributed by atoms with Crippen LogP contribution in [-0.2, 0) is 11.2 Å². The van der Waals surface area contributed by atoms with Crippen molar-refractivity contribution in [3.05, 3.63) is 46.4 Å². The van der Waals surface area contributed by atoms with Crippen molar-refractivity contribution in [1.82, 2.24) is 5.27 Å². The third-order valence-electron chi connectivity index (χ3n) is 2.05. The third-order valence-corrected chi connectivity index (χ3v) is 2.05. The van der Waals surface area contributed by atoms with Gasteiger partial charge in [-0.25, -0.2) is 4.79 Å². The summed E-state index contributed by atoms with van der Waals surface area (Å²) in [7, 11) is 0. The number of carboxylic acids is 1. The van der Waals surface area contributed by atoms with Crippen LogP contribution in [0.15, 0.2) is 39.8 Å². The van der Waals surface area contributed by atoms with Crippen LogP contribution in [0.4, 0.5) is 0 Å². The summed E-state index contributed by atoms with van der Waals surface area (Å²) in [4.78, 5) is 21.2. The summed E-state index contributed by atoms with van der Waals surface area (Å²) in [6.07, 6.45) is 1.24. The highest BCUT2D eigenvalue weighted by molar-refractivity contribution is 5.70. The van der Waals surface area contributed by atoms with E-state index in [4.69, 9.17) is 5.11 Å². The highest BCUT2D eigenvalue weighted by atomic mass is 16.5. The van der Waals surface area contributed by atoms with Gasteiger partial charge in [0.2, 0.25) is 5.69 Å². The number of nitrogens with one attached hydrogen (secondary N) is 1. The predicted octanol–water partition coefficient (Wildman–Crippen LogP) is -0.128. The van der Waals surface area contributed by atoms with Gasteiger partial charge in [-0.1, -0.05) is 12.1 Å². The van der Waals surface area contributed by atoms with E-state index in [0.29, 0.717) is 11.3 Å². The van der Waals surface area contributed by atoms with E-state index in [1.807, 2.05) is 0 Å². The molecule has 0 aliphatic rings. The van der Waals surface area contributed by atoms with Crippen molar-refractivity contribution in [2.24, 2.45) is 0 Å². The lowest BCUT2D eigenvalue weighted by atomic mass is 10.1. The molecule has 16 heavy (non-hydrogen) atoms. The lowest BCUT2D eigenvalue weighted by molar-refractivity contribution is -0.670. The first-order valence-electron chi connectivity index (χ1n) is 4.56. The van der Waals surface area contributed by atoms with Crippen LogP contribution in [0.2, 0.25) is 0 Å². The van der Waals surface area contributed by atoms with Gasteiger partial charge in [0.25, 0.3) is 6.20 Å². The number of carboxylic acid groups (broad SMARTS) is 1. The van der Waals surface area contributed by atoms with Gasteiger partial charge in [0.15, 0.2) is 0 Å². The van der Waals surface area contributed by atoms with Gasteiger partial charge < -0.3 is 5.11 Å². The Labute approximate surface area is 89.7 Å². The van der Waals surface area contributed by atoms with Crippen LogP contribution < -0.4 is 10.3 Å². The third kappa shape index (κ3) is 2.17. The second-order valence-corrected chi connectivity index (χ2v) is 3.25. The van der Waals surface area contributed by atoms with Gasteiger partial charge in [-0.05, 0) is 15.5 Å². The zero-order valence-corrected chi connectivity index (χ0v) is 8.21. The molecule has 1 aromatic heterocycles. The average Bonchev–Trinajstić information content (AvgIpc) is 2.65. The molecule has 0 radical (unpaired) electrons. The van der Waals surface area contributed by atoms with Crippen molar-refractivity contribution >= 4 is 5.97 Å². The first kappa shape index (κ1) is 10.2. The monoisotopic (exact) mass is 221 g/mol. The Morgan fingerprint density at radius 3 is 2.56 bits per heavy atom. The molecule has 2 aromatic rings. The summed E-state index contributed by atoms with van der Waals surface area (Å²) >= 11 is 0. The molecule has 0 spiro atoms. The molecule has 1 aromatic carbocycles. The standard InChI is InChI=1S/C10H8N2O4/c13-9(14)5-7-1-3-8(4-2-7)12-6-10(15)16-11-12/h1-4,6H,5H2,(H-,11,13,14,15)/p+1. The van der Waals surface area contributed by atoms with Crippen LogP contribution in [0.5, 0.6) is 0 Å². The smallest absolute Gasteiger partial charge is 0.427 e. The van der Waals surface area contributed by atoms with Gasteiger partial charge in [-0.3, -0.25) is 9.32 Å². The highest BCUT2D eigenvalue weighted by Crippen LogP contribution is 2.04. The first-order valence-corrected chi connectivity index (χ1v) is 4.56. The Bertz CT molecular complexity index is 553. The molecule has 0 saturated heterocycles. The molecule has 0 aliphatic heterocycles. The van der Waals surface area contributed by atoms with E-state index in [2.05, 4.69) is 9.79 Å². The maximum atomic E-state index is 10.8. The quantitative estimate of drug-likeness (QED) is 0.707. The lowest BCUT2D eigenvalue weighted by Gasteiger charge is -1.95. The van der Waals surface area contributed by atoms with Gasteiger partial charge >= 0.3 is 11.6 Å². The van der Waals surface area contributed by atoms with Gasteiger partial charge in [0, 0.05) is 12.1 Å². The molecule has 0 atom stereocenters. The zero-order valence-electron chi connectivity index (χ0n) is 8.21. The molecule has 0 unspecified atom stereocenters. The van der Waals surface area contributed by atoms with E-state index < -0.39 is 11.6 Å². The van der Waals surface area contributed by atoms with Crippen molar-refractivity contribution in [1.29, 1.82) is 0 Å². The summed E-state index contributed by atoms with van der Waals surface area (Å²) in [6.45, 7) is 0. The molecule has 6 heteroatoms. The van der Waals surface area contributed by atoms with Crippen LogP contribution >= 0.6 is 0 Å². The number of carbonyl (C=O) groups is 1. The number of rotatable bonds is 3. The second kappa shape index (κ2) is 4.01. The summed E-state index contributed by atoms with van der Waals surface area (Å²) < 4.78 is 5.91. The SMILES string of the molecule is O=C(O)Cc1ccc(-[n+]2cc(=O)o[nH]2)cc1. The average molecular weight is 221 g/mol. The topological polar surface area (TPSA) is 87.2 Å². The predicted molar refractivity (Wildman–Crippen MR) is 52.2 cm³/mol. The van der Waals surface area contributed by atoms with Crippen LogP contribution in [-0.4, -0.2) is 16.3 Å². The Morgan fingerprint density at radius 2 is 2.06 bits per heavy atom.